The zero-order valence-corrected chi connectivity index (χ0v) is 13.2. The predicted molar refractivity (Wildman–Crippen MR) is 90.0 cm³/mol. The molecule has 0 N–H and O–H groups in total. The summed E-state index contributed by atoms with van der Waals surface area (Å²) in [5.41, 5.74) is -2.77. The normalized spacial score (nSPS) is 15.5. The highest BCUT2D eigenvalue weighted by Gasteiger charge is 2.35. The molecule has 0 spiro atoms. The third kappa shape index (κ3) is 4.48. The number of Topliss-reactive ketones (excluding diaryl/α,β-unsaturated/α-hetero) is 2. The van der Waals surface area contributed by atoms with Crippen LogP contribution >= 0.6 is 16.1 Å². The average molecular weight is 418 g/mol. The van der Waals surface area contributed by atoms with Gasteiger partial charge in [0.1, 0.15) is 46.6 Å². The molecule has 1 fully saturated rings. The van der Waals surface area contributed by atoms with Gasteiger partial charge in [-0.3, -0.25) is 19.2 Å². The number of carbonyl (C=O) groups excluding carboxylic acids is 4. The molecule has 0 aromatic rings. The Labute approximate surface area is 158 Å². The van der Waals surface area contributed by atoms with E-state index in [4.69, 9.17) is 21.0 Å². The molecule has 132 valence electrons. The number of hydrogen-bond acceptors (Lipinski definition) is 8. The molecule has 2 aliphatic rings. The van der Waals surface area contributed by atoms with Crippen LogP contribution in [0.15, 0.2) is 22.3 Å². The second-order valence-corrected chi connectivity index (χ2v) is 4.88. The Morgan fingerprint density at radius 2 is 0.885 bits per heavy atom. The van der Waals surface area contributed by atoms with Crippen molar-refractivity contribution in [3.8, 4) is 24.3 Å². The van der Waals surface area contributed by atoms with Crippen LogP contribution in [0.25, 0.3) is 0 Å². The number of hydrogen-bond donors (Lipinski definition) is 0. The minimum Gasteiger partial charge on any atom is -0.287 e. The van der Waals surface area contributed by atoms with E-state index in [-0.39, 0.29) is 26.7 Å². The van der Waals surface area contributed by atoms with E-state index in [1.165, 1.54) is 24.3 Å². The van der Waals surface area contributed by atoms with E-state index in [1.54, 1.807) is 0 Å². The number of amides is 2. The third-order valence-corrected chi connectivity index (χ3v) is 3.64. The molecular weight excluding hydrogens is 406 g/mol. The first kappa shape index (κ1) is 24.6. The maximum Gasteiger partial charge on any atom is 0.239 e. The molecule has 0 bridgehead atoms. The minimum absolute atomic E-state index is 0. The van der Waals surface area contributed by atoms with Gasteiger partial charge in [-0.15, -0.1) is 0 Å². The van der Waals surface area contributed by atoms with Crippen molar-refractivity contribution in [2.24, 2.45) is 0 Å². The van der Waals surface area contributed by atoms with Crippen LogP contribution in [0, 0.1) is 45.3 Å². The molecule has 1 heterocycles. The SMILES string of the molecule is C.C.N#CC1=C(C#N)C(=O)C(C#N)=C(C#N)C1=O.O=C1CCC(=O)N1Br. The van der Waals surface area contributed by atoms with E-state index >= 15 is 0 Å². The van der Waals surface area contributed by atoms with Crippen molar-refractivity contribution in [3.05, 3.63) is 22.3 Å². The molecular formula is C16H12BrN5O4. The number of nitriles is 4. The monoisotopic (exact) mass is 417 g/mol. The molecule has 0 aromatic carbocycles. The van der Waals surface area contributed by atoms with Gasteiger partial charge in [0.15, 0.2) is 0 Å². The zero-order valence-electron chi connectivity index (χ0n) is 11.7. The van der Waals surface area contributed by atoms with Gasteiger partial charge in [0.25, 0.3) is 0 Å². The minimum atomic E-state index is -1.06. The third-order valence-electron chi connectivity index (χ3n) is 2.85. The molecule has 0 unspecified atom stereocenters. The van der Waals surface area contributed by atoms with E-state index in [1.807, 2.05) is 0 Å². The Bertz CT molecular complexity index is 777. The molecule has 9 nitrogen and oxygen atoms in total. The van der Waals surface area contributed by atoms with Gasteiger partial charge < -0.3 is 0 Å². The summed E-state index contributed by atoms with van der Waals surface area (Å²) in [6.45, 7) is 0. The van der Waals surface area contributed by atoms with E-state index in [2.05, 4.69) is 16.1 Å². The van der Waals surface area contributed by atoms with Gasteiger partial charge in [0.2, 0.25) is 23.4 Å². The molecule has 0 aromatic heterocycles. The first-order chi connectivity index (χ1) is 11.3. The summed E-state index contributed by atoms with van der Waals surface area (Å²) in [6.07, 6.45) is 0.703. The van der Waals surface area contributed by atoms with E-state index in [9.17, 15) is 19.2 Å². The lowest BCUT2D eigenvalue weighted by Crippen LogP contribution is -2.21. The molecule has 0 atom stereocenters. The summed E-state index contributed by atoms with van der Waals surface area (Å²) in [5, 5.41) is 34.4. The topological polar surface area (TPSA) is 167 Å². The van der Waals surface area contributed by atoms with Crippen LogP contribution in [0.4, 0.5) is 0 Å². The van der Waals surface area contributed by atoms with Crippen molar-refractivity contribution in [3.63, 3.8) is 0 Å². The molecule has 1 saturated heterocycles. The maximum atomic E-state index is 11.5. The summed E-state index contributed by atoms with van der Waals surface area (Å²) in [6, 6.07) is 5.54. The van der Waals surface area contributed by atoms with Gasteiger partial charge in [-0.05, 0) is 0 Å². The van der Waals surface area contributed by atoms with Crippen molar-refractivity contribution < 1.29 is 19.2 Å². The fraction of sp³-hybridized carbons (Fsp3) is 0.250. The highest BCUT2D eigenvalue weighted by atomic mass is 79.9. The fourth-order valence-corrected chi connectivity index (χ4v) is 2.03. The number of imide groups is 1. The van der Waals surface area contributed by atoms with Crippen molar-refractivity contribution in [2.75, 3.05) is 0 Å². The predicted octanol–water partition coefficient (Wildman–Crippen LogP) is 1.54. The molecule has 1 aliphatic heterocycles. The largest absolute Gasteiger partial charge is 0.287 e. The molecule has 10 heteroatoms. The van der Waals surface area contributed by atoms with Crippen LogP contribution in [0.5, 0.6) is 0 Å². The number of halogens is 1. The number of ketones is 2. The Morgan fingerprint density at radius 1 is 0.654 bits per heavy atom. The van der Waals surface area contributed by atoms with E-state index in [0.29, 0.717) is 12.8 Å². The molecule has 0 saturated carbocycles. The van der Waals surface area contributed by atoms with Crippen molar-refractivity contribution in [2.45, 2.75) is 27.7 Å². The van der Waals surface area contributed by atoms with Crippen molar-refractivity contribution >= 4 is 39.5 Å². The molecule has 26 heavy (non-hydrogen) atoms. The smallest absolute Gasteiger partial charge is 0.239 e. The van der Waals surface area contributed by atoms with Gasteiger partial charge in [-0.2, -0.15) is 21.0 Å². The first-order valence-electron chi connectivity index (χ1n) is 6.03. The Balaban J connectivity index is 0. The molecule has 1 aliphatic carbocycles. The van der Waals surface area contributed by atoms with Crippen LogP contribution in [-0.2, 0) is 19.2 Å². The van der Waals surface area contributed by atoms with Crippen LogP contribution < -0.4 is 0 Å². The highest BCUT2D eigenvalue weighted by molar-refractivity contribution is 9.08. The second-order valence-electron chi connectivity index (χ2n) is 4.17. The Morgan fingerprint density at radius 3 is 1.00 bits per heavy atom. The van der Waals surface area contributed by atoms with Gasteiger partial charge in [-0.25, -0.2) is 3.93 Å². The van der Waals surface area contributed by atoms with Crippen LogP contribution in [0.3, 0.4) is 0 Å². The lowest BCUT2D eigenvalue weighted by molar-refractivity contribution is -0.131. The van der Waals surface area contributed by atoms with Crippen LogP contribution in [-0.4, -0.2) is 27.3 Å². The number of rotatable bonds is 0. The van der Waals surface area contributed by atoms with E-state index in [0.717, 1.165) is 3.93 Å². The van der Waals surface area contributed by atoms with Gasteiger partial charge in [0, 0.05) is 12.8 Å². The van der Waals surface area contributed by atoms with Gasteiger partial charge in [-0.1, -0.05) is 14.9 Å². The summed E-state index contributed by atoms with van der Waals surface area (Å²) in [4.78, 5) is 43.8. The quantitative estimate of drug-likeness (QED) is 0.324. The molecule has 2 rings (SSSR count). The second kappa shape index (κ2) is 10.3. The van der Waals surface area contributed by atoms with Gasteiger partial charge >= 0.3 is 0 Å². The Kier molecular flexibility index (Phi) is 9.77. The summed E-state index contributed by atoms with van der Waals surface area (Å²) >= 11 is 2.80. The van der Waals surface area contributed by atoms with Crippen LogP contribution in [0.1, 0.15) is 27.7 Å². The lowest BCUT2D eigenvalue weighted by Gasteiger charge is -2.08. The average Bonchev–Trinajstić information content (AvgIpc) is 2.87. The summed E-state index contributed by atoms with van der Waals surface area (Å²) in [5.74, 6) is -2.40. The first-order valence-corrected chi connectivity index (χ1v) is 6.74. The number of allylic oxidation sites excluding steroid dienone is 4. The summed E-state index contributed by atoms with van der Waals surface area (Å²) < 4.78 is 0.979. The molecule has 2 amide bonds. The standard InChI is InChI=1S/C10N4O2.C4H4BrNO2.2CH4/c11-1-5-6(2-12)10(16)8(4-14)7(3-13)9(5)15;5-6-3(7)1-2-4(6)8;;/h;1-2H2;2*1H4. The van der Waals surface area contributed by atoms with E-state index < -0.39 is 33.9 Å². The fourth-order valence-electron chi connectivity index (χ4n) is 1.68. The van der Waals surface area contributed by atoms with Crippen molar-refractivity contribution in [1.29, 1.82) is 21.0 Å². The number of nitrogens with zero attached hydrogens (tertiary/aromatic N) is 5. The lowest BCUT2D eigenvalue weighted by atomic mass is 9.86. The number of carbonyl (C=O) groups is 4. The Hall–Kier alpha value is -3.60. The van der Waals surface area contributed by atoms with Crippen molar-refractivity contribution in [1.82, 2.24) is 3.93 Å². The van der Waals surface area contributed by atoms with Gasteiger partial charge in [0.05, 0.1) is 16.1 Å². The zero-order chi connectivity index (χ0) is 18.4. The highest BCUT2D eigenvalue weighted by Crippen LogP contribution is 2.23. The van der Waals surface area contributed by atoms with Crippen LogP contribution in [0.2, 0.25) is 0 Å². The molecule has 0 radical (unpaired) electrons. The summed E-state index contributed by atoms with van der Waals surface area (Å²) in [7, 11) is 0. The maximum absolute atomic E-state index is 11.5.